The summed E-state index contributed by atoms with van der Waals surface area (Å²) in [5.41, 5.74) is -4.84. The Morgan fingerprint density at radius 1 is 1.03 bits per heavy atom. The molecule has 3 unspecified atom stereocenters. The van der Waals surface area contributed by atoms with Crippen molar-refractivity contribution in [2.75, 3.05) is 11.9 Å². The Bertz CT molecular complexity index is 1170. The topological polar surface area (TPSA) is 118 Å². The molecule has 5 bridgehead atoms. The van der Waals surface area contributed by atoms with Gasteiger partial charge in [0, 0.05) is 36.0 Å². The second-order valence-electron chi connectivity index (χ2n) is 11.2. The predicted molar refractivity (Wildman–Crippen MR) is 122 cm³/mol. The van der Waals surface area contributed by atoms with Gasteiger partial charge in [0.15, 0.2) is 17.3 Å². The number of hydrogen-bond donors (Lipinski definition) is 3. The van der Waals surface area contributed by atoms with Crippen LogP contribution in [0, 0.1) is 17.3 Å². The van der Waals surface area contributed by atoms with Gasteiger partial charge in [-0.05, 0) is 45.2 Å². The number of carbonyl (C=O) groups is 3. The standard InChI is InChI=1S/C26H32N2O6/c1-6-24(12(2)29)19-18-17-11-23(22(18)32)15-9-7-8-10-16(15)27(5)20(23)21(25(19,33)13(3)30)28(17)26(24,34)14(4)31/h7-10,17-22,32-34H,6,11H2,1-5H3/t17-,18?,19-,20-,21-,22-,23+,24-,25?,26-/m0/s1. The molecule has 0 amide bonds. The van der Waals surface area contributed by atoms with Crippen molar-refractivity contribution in [3.8, 4) is 0 Å². The number of aliphatic hydroxyl groups is 3. The highest BCUT2D eigenvalue weighted by atomic mass is 16.3. The van der Waals surface area contributed by atoms with E-state index in [0.29, 0.717) is 6.42 Å². The van der Waals surface area contributed by atoms with Crippen molar-refractivity contribution in [2.45, 2.75) is 81.5 Å². The number of anilines is 1. The summed E-state index contributed by atoms with van der Waals surface area (Å²) < 4.78 is 0. The van der Waals surface area contributed by atoms with Crippen LogP contribution in [0.1, 0.15) is 46.1 Å². The molecule has 6 aliphatic rings. The first-order valence-electron chi connectivity index (χ1n) is 12.2. The third kappa shape index (κ3) is 1.79. The lowest BCUT2D eigenvalue weighted by Gasteiger charge is -2.74. The molecule has 1 spiro atoms. The predicted octanol–water partition coefficient (Wildman–Crippen LogP) is 0.403. The molecule has 11 atom stereocenters. The van der Waals surface area contributed by atoms with Crippen molar-refractivity contribution in [2.24, 2.45) is 17.3 Å². The molecule has 4 saturated heterocycles. The summed E-state index contributed by atoms with van der Waals surface area (Å²) >= 11 is 0. The average molecular weight is 469 g/mol. The fourth-order valence-corrected chi connectivity index (χ4v) is 9.72. The van der Waals surface area contributed by atoms with Crippen LogP contribution < -0.4 is 4.90 Å². The van der Waals surface area contributed by atoms with E-state index in [1.807, 2.05) is 36.2 Å². The molecule has 8 nitrogen and oxygen atoms in total. The van der Waals surface area contributed by atoms with Gasteiger partial charge in [0.25, 0.3) is 0 Å². The number of fused-ring (bicyclic) bond motifs is 2. The molecule has 1 aromatic rings. The number of rotatable bonds is 4. The van der Waals surface area contributed by atoms with Gasteiger partial charge in [-0.25, -0.2) is 0 Å². The molecule has 34 heavy (non-hydrogen) atoms. The maximum Gasteiger partial charge on any atom is 0.191 e. The Balaban J connectivity index is 1.75. The molecule has 1 saturated carbocycles. The number of aliphatic hydroxyl groups excluding tert-OH is 1. The minimum Gasteiger partial charge on any atom is -0.392 e. The molecule has 0 aromatic heterocycles. The van der Waals surface area contributed by atoms with Crippen molar-refractivity contribution in [1.82, 2.24) is 4.90 Å². The van der Waals surface area contributed by atoms with Gasteiger partial charge in [-0.3, -0.25) is 19.3 Å². The molecule has 1 aliphatic carbocycles. The SMILES string of the molecule is CC[C@]1(C(C)=O)[C@@H]2C3[C@@H]4C[C@]5(c6ccccc6N(C)[C@H]5[C@H](N4[C@]1(O)C(C)=O)C2(O)C(C)=O)[C@H]3O. The number of ketones is 3. The molecule has 5 heterocycles. The van der Waals surface area contributed by atoms with Gasteiger partial charge in [-0.2, -0.15) is 0 Å². The van der Waals surface area contributed by atoms with Crippen molar-refractivity contribution in [1.29, 1.82) is 0 Å². The summed E-state index contributed by atoms with van der Waals surface area (Å²) in [6.07, 6.45) is -0.428. The van der Waals surface area contributed by atoms with E-state index in [0.717, 1.165) is 11.3 Å². The lowest BCUT2D eigenvalue weighted by atomic mass is 9.44. The normalized spacial score (nSPS) is 51.4. The summed E-state index contributed by atoms with van der Waals surface area (Å²) in [7, 11) is 1.87. The number of para-hydroxylation sites is 1. The number of Topliss-reactive ketones (excluding diaryl/α,β-unsaturated/α-hetero) is 3. The first-order valence-corrected chi connectivity index (χ1v) is 12.2. The van der Waals surface area contributed by atoms with Crippen LogP contribution in [0.2, 0.25) is 0 Å². The summed E-state index contributed by atoms with van der Waals surface area (Å²) in [6.45, 7) is 5.62. The quantitative estimate of drug-likeness (QED) is 0.581. The minimum atomic E-state index is -2.18. The van der Waals surface area contributed by atoms with Gasteiger partial charge in [-0.1, -0.05) is 25.1 Å². The van der Waals surface area contributed by atoms with Crippen molar-refractivity contribution < 1.29 is 29.7 Å². The van der Waals surface area contributed by atoms with Crippen LogP contribution in [0.3, 0.4) is 0 Å². The smallest absolute Gasteiger partial charge is 0.191 e. The third-order valence-corrected chi connectivity index (χ3v) is 10.6. The van der Waals surface area contributed by atoms with Gasteiger partial charge in [-0.15, -0.1) is 0 Å². The first kappa shape index (κ1) is 22.3. The Morgan fingerprint density at radius 2 is 1.68 bits per heavy atom. The molecule has 8 heteroatoms. The van der Waals surface area contributed by atoms with E-state index in [1.165, 1.54) is 20.8 Å². The summed E-state index contributed by atoms with van der Waals surface area (Å²) in [5, 5.41) is 36.9. The van der Waals surface area contributed by atoms with Gasteiger partial charge in [0.1, 0.15) is 11.4 Å². The lowest BCUT2D eigenvalue weighted by Crippen LogP contribution is -2.92. The van der Waals surface area contributed by atoms with Gasteiger partial charge < -0.3 is 20.2 Å². The average Bonchev–Trinajstić information content (AvgIpc) is 3.18. The zero-order valence-electron chi connectivity index (χ0n) is 20.1. The summed E-state index contributed by atoms with van der Waals surface area (Å²) in [6, 6.07) is 5.80. The number of benzene rings is 1. The molecule has 0 radical (unpaired) electrons. The van der Waals surface area contributed by atoms with Crippen LogP contribution in [-0.2, 0) is 19.8 Å². The van der Waals surface area contributed by atoms with Crippen molar-refractivity contribution in [3.05, 3.63) is 29.8 Å². The van der Waals surface area contributed by atoms with E-state index in [-0.39, 0.29) is 6.42 Å². The molecular weight excluding hydrogens is 436 g/mol. The Kier molecular flexibility index (Phi) is 4.05. The zero-order chi connectivity index (χ0) is 24.7. The summed E-state index contributed by atoms with van der Waals surface area (Å²) in [5.74, 6) is -3.27. The third-order valence-electron chi connectivity index (χ3n) is 10.6. The molecular formula is C26H32N2O6. The van der Waals surface area contributed by atoms with E-state index >= 15 is 0 Å². The highest BCUT2D eigenvalue weighted by molar-refractivity contribution is 5.99. The Morgan fingerprint density at radius 3 is 2.24 bits per heavy atom. The van der Waals surface area contributed by atoms with Crippen molar-refractivity contribution in [3.63, 3.8) is 0 Å². The number of likely N-dealkylation sites (N-methyl/N-ethyl adjacent to an activating group) is 1. The molecule has 3 N–H and O–H groups in total. The minimum absolute atomic E-state index is 0.0575. The number of hydrogen-bond acceptors (Lipinski definition) is 8. The van der Waals surface area contributed by atoms with Crippen molar-refractivity contribution >= 4 is 23.0 Å². The second-order valence-corrected chi connectivity index (χ2v) is 11.2. The van der Waals surface area contributed by atoms with Crippen LogP contribution in [0.4, 0.5) is 5.69 Å². The summed E-state index contributed by atoms with van der Waals surface area (Å²) in [4.78, 5) is 43.7. The van der Waals surface area contributed by atoms with Gasteiger partial charge in [0.2, 0.25) is 0 Å². The van der Waals surface area contributed by atoms with E-state index in [2.05, 4.69) is 0 Å². The van der Waals surface area contributed by atoms with E-state index in [4.69, 9.17) is 0 Å². The largest absolute Gasteiger partial charge is 0.392 e. The van der Waals surface area contributed by atoms with E-state index in [1.54, 1.807) is 11.8 Å². The number of piperidine rings is 4. The van der Waals surface area contributed by atoms with Gasteiger partial charge >= 0.3 is 0 Å². The van der Waals surface area contributed by atoms with Crippen LogP contribution in [0.25, 0.3) is 0 Å². The zero-order valence-corrected chi connectivity index (χ0v) is 20.1. The molecule has 7 rings (SSSR count). The first-order chi connectivity index (χ1) is 15.9. The molecule has 5 fully saturated rings. The van der Waals surface area contributed by atoms with Crippen LogP contribution in [0.5, 0.6) is 0 Å². The fraction of sp³-hybridized carbons (Fsp3) is 0.654. The monoisotopic (exact) mass is 468 g/mol. The fourth-order valence-electron chi connectivity index (χ4n) is 9.72. The van der Waals surface area contributed by atoms with E-state index < -0.39 is 75.6 Å². The highest BCUT2D eigenvalue weighted by Gasteiger charge is 2.90. The van der Waals surface area contributed by atoms with Gasteiger partial charge in [0.05, 0.1) is 23.6 Å². The van der Waals surface area contributed by atoms with E-state index in [9.17, 15) is 29.7 Å². The second kappa shape index (κ2) is 6.16. The molecule has 182 valence electrons. The van der Waals surface area contributed by atoms with Crippen LogP contribution in [-0.4, -0.2) is 80.2 Å². The maximum absolute atomic E-state index is 13.4. The molecule has 5 aliphatic heterocycles. The maximum atomic E-state index is 13.4. The Hall–Kier alpha value is -2.13. The van der Waals surface area contributed by atoms with Crippen LogP contribution >= 0.6 is 0 Å². The van der Waals surface area contributed by atoms with Crippen LogP contribution in [0.15, 0.2) is 24.3 Å². The number of carbonyl (C=O) groups excluding carboxylic acids is 3. The Labute approximate surface area is 198 Å². The number of nitrogens with zero attached hydrogens (tertiary/aromatic N) is 2. The highest BCUT2D eigenvalue weighted by Crippen LogP contribution is 2.75. The lowest BCUT2D eigenvalue weighted by molar-refractivity contribution is -0.340. The molecule has 1 aromatic carbocycles.